The van der Waals surface area contributed by atoms with E-state index < -0.39 is 12.6 Å². The fourth-order valence-electron chi connectivity index (χ4n) is 2.84. The van der Waals surface area contributed by atoms with Crippen molar-refractivity contribution in [1.82, 2.24) is 9.80 Å². The fraction of sp³-hybridized carbons (Fsp3) is 0.471. The lowest BCUT2D eigenvalue weighted by atomic mass is 10.0. The maximum Gasteiger partial charge on any atom is 0.341 e. The molecule has 0 spiro atoms. The molecule has 1 aliphatic rings. The van der Waals surface area contributed by atoms with Gasteiger partial charge in [-0.25, -0.2) is 4.79 Å². The Bertz CT molecular complexity index is 640. The molecule has 0 saturated carbocycles. The zero-order chi connectivity index (χ0) is 17.9. The van der Waals surface area contributed by atoms with Gasteiger partial charge >= 0.3 is 5.97 Å². The largest absolute Gasteiger partial charge is 0.481 e. The Morgan fingerprint density at radius 1 is 1.04 bits per heavy atom. The number of amides is 2. The monoisotopic (exact) mass is 334 g/mol. The van der Waals surface area contributed by atoms with Gasteiger partial charge in [0.1, 0.15) is 5.75 Å². The summed E-state index contributed by atoms with van der Waals surface area (Å²) in [6.45, 7) is 6.78. The van der Waals surface area contributed by atoms with E-state index in [9.17, 15) is 14.4 Å². The van der Waals surface area contributed by atoms with Crippen molar-refractivity contribution in [1.29, 1.82) is 0 Å². The lowest BCUT2D eigenvalue weighted by molar-refractivity contribution is -0.139. The van der Waals surface area contributed by atoms with Crippen LogP contribution in [-0.2, 0) is 9.59 Å². The predicted octanol–water partition coefficient (Wildman–Crippen LogP) is 1.07. The molecule has 1 N–H and O–H groups in total. The van der Waals surface area contributed by atoms with Crippen molar-refractivity contribution in [2.45, 2.75) is 20.8 Å². The number of carbonyl (C=O) groups is 3. The molecule has 1 saturated heterocycles. The van der Waals surface area contributed by atoms with Gasteiger partial charge in [0.15, 0.2) is 6.61 Å². The van der Waals surface area contributed by atoms with Crippen LogP contribution in [0.5, 0.6) is 5.75 Å². The Balaban J connectivity index is 2.10. The lowest BCUT2D eigenvalue weighted by Crippen LogP contribution is -2.50. The smallest absolute Gasteiger partial charge is 0.341 e. The molecule has 0 radical (unpaired) electrons. The van der Waals surface area contributed by atoms with Crippen LogP contribution in [-0.4, -0.2) is 65.5 Å². The van der Waals surface area contributed by atoms with Gasteiger partial charge in [-0.1, -0.05) is 0 Å². The molecule has 1 heterocycles. The average molecular weight is 334 g/mol. The summed E-state index contributed by atoms with van der Waals surface area (Å²) in [4.78, 5) is 38.1. The number of hydrogen-bond acceptors (Lipinski definition) is 4. The third-order valence-corrected chi connectivity index (χ3v) is 4.06. The molecule has 7 nitrogen and oxygen atoms in total. The number of aryl methyl sites for hydroxylation is 2. The predicted molar refractivity (Wildman–Crippen MR) is 87.2 cm³/mol. The maximum absolute atomic E-state index is 12.6. The van der Waals surface area contributed by atoms with Crippen molar-refractivity contribution in [3.63, 3.8) is 0 Å². The number of nitrogens with zero attached hydrogens (tertiary/aromatic N) is 2. The summed E-state index contributed by atoms with van der Waals surface area (Å²) in [5.74, 6) is -0.615. The summed E-state index contributed by atoms with van der Waals surface area (Å²) in [6.07, 6.45) is 0. The summed E-state index contributed by atoms with van der Waals surface area (Å²) in [5.41, 5.74) is 1.99. The van der Waals surface area contributed by atoms with Crippen LogP contribution in [0, 0.1) is 13.8 Å². The third-order valence-electron chi connectivity index (χ3n) is 4.06. The van der Waals surface area contributed by atoms with Gasteiger partial charge in [-0.3, -0.25) is 9.59 Å². The van der Waals surface area contributed by atoms with Crippen molar-refractivity contribution < 1.29 is 24.2 Å². The van der Waals surface area contributed by atoms with E-state index in [1.165, 1.54) is 6.92 Å². The molecule has 130 valence electrons. The number of carbonyl (C=O) groups excluding carboxylic acids is 2. The minimum Gasteiger partial charge on any atom is -0.481 e. The molecular weight excluding hydrogens is 312 g/mol. The standard InChI is InChI=1S/C17H22N2O5/c1-11-8-14(9-12(2)16(11)24-10-15(21)22)17(23)19-6-4-18(5-7-19)13(3)20/h8-9H,4-7,10H2,1-3H3,(H,21,22). The van der Waals surface area contributed by atoms with Gasteiger partial charge < -0.3 is 19.6 Å². The van der Waals surface area contributed by atoms with E-state index in [0.29, 0.717) is 37.5 Å². The molecule has 0 aromatic heterocycles. The number of rotatable bonds is 4. The number of carboxylic acid groups (broad SMARTS) is 1. The fourth-order valence-corrected chi connectivity index (χ4v) is 2.84. The van der Waals surface area contributed by atoms with Crippen LogP contribution < -0.4 is 4.74 Å². The number of carboxylic acids is 1. The maximum atomic E-state index is 12.6. The van der Waals surface area contributed by atoms with Crippen molar-refractivity contribution in [2.24, 2.45) is 0 Å². The Morgan fingerprint density at radius 2 is 1.54 bits per heavy atom. The number of ether oxygens (including phenoxy) is 1. The van der Waals surface area contributed by atoms with E-state index in [1.807, 2.05) is 0 Å². The van der Waals surface area contributed by atoms with Gasteiger partial charge in [-0.15, -0.1) is 0 Å². The van der Waals surface area contributed by atoms with E-state index in [1.54, 1.807) is 35.8 Å². The zero-order valence-corrected chi connectivity index (χ0v) is 14.2. The SMILES string of the molecule is CC(=O)N1CCN(C(=O)c2cc(C)c(OCC(=O)O)c(C)c2)CC1. The Kier molecular flexibility index (Phi) is 5.43. The first-order valence-corrected chi connectivity index (χ1v) is 7.80. The second-order valence-electron chi connectivity index (χ2n) is 5.92. The van der Waals surface area contributed by atoms with E-state index in [-0.39, 0.29) is 11.8 Å². The van der Waals surface area contributed by atoms with Gasteiger partial charge in [0.2, 0.25) is 5.91 Å². The minimum absolute atomic E-state index is 0.0220. The first-order chi connectivity index (χ1) is 11.3. The molecule has 0 aliphatic carbocycles. The van der Waals surface area contributed by atoms with Gasteiger partial charge in [-0.2, -0.15) is 0 Å². The van der Waals surface area contributed by atoms with E-state index in [4.69, 9.17) is 9.84 Å². The van der Waals surface area contributed by atoms with Crippen LogP contribution in [0.3, 0.4) is 0 Å². The number of piperazine rings is 1. The molecule has 1 aromatic rings. The quantitative estimate of drug-likeness (QED) is 0.890. The van der Waals surface area contributed by atoms with Crippen molar-refractivity contribution in [3.05, 3.63) is 28.8 Å². The Morgan fingerprint density at radius 3 is 2.00 bits per heavy atom. The highest BCUT2D eigenvalue weighted by Crippen LogP contribution is 2.25. The second kappa shape index (κ2) is 7.33. The van der Waals surface area contributed by atoms with Gasteiger partial charge in [0, 0.05) is 38.7 Å². The normalized spacial score (nSPS) is 14.5. The highest BCUT2D eigenvalue weighted by atomic mass is 16.5. The molecule has 7 heteroatoms. The van der Waals surface area contributed by atoms with Crippen molar-refractivity contribution in [2.75, 3.05) is 32.8 Å². The molecule has 0 atom stereocenters. The van der Waals surface area contributed by atoms with Crippen LogP contribution in [0.15, 0.2) is 12.1 Å². The van der Waals surface area contributed by atoms with E-state index >= 15 is 0 Å². The molecule has 1 fully saturated rings. The highest BCUT2D eigenvalue weighted by Gasteiger charge is 2.24. The van der Waals surface area contributed by atoms with Crippen molar-refractivity contribution >= 4 is 17.8 Å². The number of aliphatic carboxylic acids is 1. The van der Waals surface area contributed by atoms with Crippen LogP contribution in [0.4, 0.5) is 0 Å². The molecule has 1 aromatic carbocycles. The van der Waals surface area contributed by atoms with Gasteiger partial charge in [0.05, 0.1) is 0 Å². The first-order valence-electron chi connectivity index (χ1n) is 7.80. The number of hydrogen-bond donors (Lipinski definition) is 1. The summed E-state index contributed by atoms with van der Waals surface area (Å²) in [6, 6.07) is 3.42. The number of benzene rings is 1. The van der Waals surface area contributed by atoms with E-state index in [0.717, 1.165) is 11.1 Å². The van der Waals surface area contributed by atoms with E-state index in [2.05, 4.69) is 0 Å². The summed E-state index contributed by atoms with van der Waals surface area (Å²) in [7, 11) is 0. The molecule has 2 rings (SSSR count). The third kappa shape index (κ3) is 4.04. The van der Waals surface area contributed by atoms with Crippen LogP contribution in [0.2, 0.25) is 0 Å². The van der Waals surface area contributed by atoms with Gasteiger partial charge in [0.25, 0.3) is 5.91 Å². The molecule has 0 bridgehead atoms. The minimum atomic E-state index is -1.04. The van der Waals surface area contributed by atoms with Crippen LogP contribution >= 0.6 is 0 Å². The summed E-state index contributed by atoms with van der Waals surface area (Å²) < 4.78 is 5.28. The molecular formula is C17H22N2O5. The zero-order valence-electron chi connectivity index (χ0n) is 14.2. The average Bonchev–Trinajstić information content (AvgIpc) is 2.53. The summed E-state index contributed by atoms with van der Waals surface area (Å²) >= 11 is 0. The first kappa shape index (κ1) is 17.8. The Labute approximate surface area is 140 Å². The molecule has 24 heavy (non-hydrogen) atoms. The van der Waals surface area contributed by atoms with Crippen molar-refractivity contribution in [3.8, 4) is 5.75 Å². The second-order valence-corrected chi connectivity index (χ2v) is 5.92. The van der Waals surface area contributed by atoms with Gasteiger partial charge in [-0.05, 0) is 37.1 Å². The van der Waals surface area contributed by atoms with Crippen LogP contribution in [0.25, 0.3) is 0 Å². The van der Waals surface area contributed by atoms with Crippen LogP contribution in [0.1, 0.15) is 28.4 Å². The lowest BCUT2D eigenvalue weighted by Gasteiger charge is -2.34. The molecule has 0 unspecified atom stereocenters. The molecule has 1 aliphatic heterocycles. The molecule has 2 amide bonds. The Hall–Kier alpha value is -2.57. The summed E-state index contributed by atoms with van der Waals surface area (Å²) in [5, 5.41) is 8.72. The topological polar surface area (TPSA) is 87.2 Å². The highest BCUT2D eigenvalue weighted by molar-refractivity contribution is 5.95.